The number of ketones is 1. The lowest BCUT2D eigenvalue weighted by molar-refractivity contribution is -0.121. The highest BCUT2D eigenvalue weighted by molar-refractivity contribution is 7.99. The molecule has 1 aliphatic heterocycles. The molecule has 1 saturated heterocycles. The molecule has 0 saturated carbocycles. The third kappa shape index (κ3) is 8.94. The van der Waals surface area contributed by atoms with E-state index in [-0.39, 0.29) is 0 Å². The smallest absolute Gasteiger partial charge is 0.137 e. The zero-order valence-electron chi connectivity index (χ0n) is 10.7. The number of hydrogen-bond acceptors (Lipinski definition) is 3. The molecular formula is C12H25NOS. The van der Waals surface area contributed by atoms with E-state index in [1.165, 1.54) is 0 Å². The molecule has 1 aliphatic rings. The third-order valence-electron chi connectivity index (χ3n) is 2.08. The van der Waals surface area contributed by atoms with E-state index in [0.717, 1.165) is 17.9 Å². The number of rotatable bonds is 2. The van der Waals surface area contributed by atoms with Crippen LogP contribution >= 0.6 is 11.8 Å². The van der Waals surface area contributed by atoms with Crippen LogP contribution in [0.3, 0.4) is 0 Å². The second kappa shape index (κ2) is 8.17. The van der Waals surface area contributed by atoms with Crippen LogP contribution in [0.4, 0.5) is 0 Å². The molecule has 2 nitrogen and oxygen atoms in total. The standard InChI is InChI=1S/C6H15N.C6H10OS/c1-5(2)7-6(3)4;1-5-4-8-3-2-6(5)7/h5-7H,1-4H3;5H,2-4H2,1H3. The Morgan fingerprint density at radius 1 is 1.27 bits per heavy atom. The van der Waals surface area contributed by atoms with E-state index >= 15 is 0 Å². The predicted octanol–water partition coefficient (Wildman–Crippen LogP) is 2.72. The molecule has 90 valence electrons. The zero-order valence-corrected chi connectivity index (χ0v) is 11.5. The quantitative estimate of drug-likeness (QED) is 0.792. The van der Waals surface area contributed by atoms with Gasteiger partial charge in [0.05, 0.1) is 0 Å². The van der Waals surface area contributed by atoms with Crippen molar-refractivity contribution in [3.05, 3.63) is 0 Å². The Morgan fingerprint density at radius 3 is 2.00 bits per heavy atom. The van der Waals surface area contributed by atoms with Crippen LogP contribution in [0, 0.1) is 5.92 Å². The highest BCUT2D eigenvalue weighted by atomic mass is 32.2. The monoisotopic (exact) mass is 231 g/mol. The van der Waals surface area contributed by atoms with Crippen molar-refractivity contribution in [2.45, 2.75) is 53.1 Å². The van der Waals surface area contributed by atoms with Gasteiger partial charge in [-0.2, -0.15) is 11.8 Å². The summed E-state index contributed by atoms with van der Waals surface area (Å²) in [5.41, 5.74) is 0. The van der Waals surface area contributed by atoms with E-state index in [2.05, 4.69) is 33.0 Å². The molecule has 1 rings (SSSR count). The second-order valence-electron chi connectivity index (χ2n) is 4.67. The van der Waals surface area contributed by atoms with Gasteiger partial charge in [-0.1, -0.05) is 34.6 Å². The molecule has 0 amide bonds. The van der Waals surface area contributed by atoms with Gasteiger partial charge in [-0.05, 0) is 0 Å². The first-order valence-corrected chi connectivity index (χ1v) is 6.95. The van der Waals surface area contributed by atoms with Gasteiger partial charge in [0.15, 0.2) is 0 Å². The lowest BCUT2D eigenvalue weighted by atomic mass is 10.1. The lowest BCUT2D eigenvalue weighted by Crippen LogP contribution is -2.29. The van der Waals surface area contributed by atoms with Gasteiger partial charge < -0.3 is 5.32 Å². The minimum absolute atomic E-state index is 0.328. The molecule has 1 heterocycles. The van der Waals surface area contributed by atoms with Crippen molar-refractivity contribution in [1.29, 1.82) is 0 Å². The van der Waals surface area contributed by atoms with Crippen LogP contribution in [0.15, 0.2) is 0 Å². The van der Waals surface area contributed by atoms with Crippen molar-refractivity contribution in [2.24, 2.45) is 5.92 Å². The van der Waals surface area contributed by atoms with E-state index in [4.69, 9.17) is 0 Å². The third-order valence-corrected chi connectivity index (χ3v) is 3.31. The SMILES string of the molecule is CC(C)NC(C)C.CC1CSCCC1=O. The normalized spacial score (nSPS) is 21.5. The van der Waals surface area contributed by atoms with Crippen LogP contribution in [0.2, 0.25) is 0 Å². The van der Waals surface area contributed by atoms with Crippen LogP contribution in [0.1, 0.15) is 41.0 Å². The van der Waals surface area contributed by atoms with E-state index in [1.807, 2.05) is 18.7 Å². The van der Waals surface area contributed by atoms with E-state index in [0.29, 0.717) is 23.8 Å². The molecule has 1 fully saturated rings. The number of Topliss-reactive ketones (excluding diaryl/α,β-unsaturated/α-hetero) is 1. The van der Waals surface area contributed by atoms with Gasteiger partial charge in [-0.15, -0.1) is 0 Å². The highest BCUT2D eigenvalue weighted by Gasteiger charge is 2.16. The Labute approximate surface area is 98.6 Å². The zero-order chi connectivity index (χ0) is 11.8. The van der Waals surface area contributed by atoms with Gasteiger partial charge in [-0.25, -0.2) is 0 Å². The summed E-state index contributed by atoms with van der Waals surface area (Å²) < 4.78 is 0. The van der Waals surface area contributed by atoms with Crippen LogP contribution in [-0.2, 0) is 4.79 Å². The molecule has 15 heavy (non-hydrogen) atoms. The molecule has 1 unspecified atom stereocenters. The molecule has 1 atom stereocenters. The summed E-state index contributed by atoms with van der Waals surface area (Å²) in [7, 11) is 0. The molecule has 0 aliphatic carbocycles. The van der Waals surface area contributed by atoms with Crippen molar-refractivity contribution < 1.29 is 4.79 Å². The molecule has 0 radical (unpaired) electrons. The van der Waals surface area contributed by atoms with Crippen LogP contribution in [-0.4, -0.2) is 29.4 Å². The van der Waals surface area contributed by atoms with Crippen molar-refractivity contribution in [2.75, 3.05) is 11.5 Å². The first kappa shape index (κ1) is 15.0. The summed E-state index contributed by atoms with van der Waals surface area (Å²) in [6, 6.07) is 1.25. The number of thioether (sulfide) groups is 1. The second-order valence-corrected chi connectivity index (χ2v) is 5.82. The van der Waals surface area contributed by atoms with Crippen LogP contribution in [0.25, 0.3) is 0 Å². The average Bonchev–Trinajstić information content (AvgIpc) is 2.08. The topological polar surface area (TPSA) is 29.1 Å². The maximum Gasteiger partial charge on any atom is 0.137 e. The summed E-state index contributed by atoms with van der Waals surface area (Å²) in [6.07, 6.45) is 0.797. The predicted molar refractivity (Wildman–Crippen MR) is 69.5 cm³/mol. The van der Waals surface area contributed by atoms with Crippen molar-refractivity contribution in [3.8, 4) is 0 Å². The summed E-state index contributed by atoms with van der Waals surface area (Å²) in [5, 5.41) is 3.31. The summed E-state index contributed by atoms with van der Waals surface area (Å²) in [5.74, 6) is 2.86. The van der Waals surface area contributed by atoms with Gasteiger partial charge in [0.2, 0.25) is 0 Å². The number of nitrogens with one attached hydrogen (secondary N) is 1. The molecule has 1 N–H and O–H groups in total. The molecular weight excluding hydrogens is 206 g/mol. The number of carbonyl (C=O) groups is 1. The first-order valence-electron chi connectivity index (χ1n) is 5.80. The highest BCUT2D eigenvalue weighted by Crippen LogP contribution is 2.18. The Hall–Kier alpha value is -0.0200. The van der Waals surface area contributed by atoms with Gasteiger partial charge in [0, 0.05) is 35.9 Å². The Morgan fingerprint density at radius 2 is 1.80 bits per heavy atom. The number of hydrogen-bond donors (Lipinski definition) is 1. The van der Waals surface area contributed by atoms with Gasteiger partial charge in [0.25, 0.3) is 0 Å². The van der Waals surface area contributed by atoms with E-state index in [9.17, 15) is 4.79 Å². The fourth-order valence-corrected chi connectivity index (χ4v) is 2.49. The molecule has 0 spiro atoms. The summed E-state index contributed by atoms with van der Waals surface area (Å²) in [4.78, 5) is 10.8. The fraction of sp³-hybridized carbons (Fsp3) is 0.917. The first-order chi connectivity index (χ1) is 6.93. The van der Waals surface area contributed by atoms with E-state index in [1.54, 1.807) is 0 Å². The maximum absolute atomic E-state index is 10.8. The van der Waals surface area contributed by atoms with E-state index < -0.39 is 0 Å². The maximum atomic E-state index is 10.8. The summed E-state index contributed by atoms with van der Waals surface area (Å²) >= 11 is 1.89. The van der Waals surface area contributed by atoms with Crippen molar-refractivity contribution in [3.63, 3.8) is 0 Å². The summed E-state index contributed by atoms with van der Waals surface area (Å²) in [6.45, 7) is 10.6. The molecule has 0 aromatic rings. The van der Waals surface area contributed by atoms with Gasteiger partial charge >= 0.3 is 0 Å². The lowest BCUT2D eigenvalue weighted by Gasteiger charge is -2.14. The largest absolute Gasteiger partial charge is 0.312 e. The van der Waals surface area contributed by atoms with Crippen molar-refractivity contribution in [1.82, 2.24) is 5.32 Å². The Bertz CT molecular complexity index is 174. The minimum atomic E-state index is 0.328. The minimum Gasteiger partial charge on any atom is -0.312 e. The number of carbonyl (C=O) groups excluding carboxylic acids is 1. The van der Waals surface area contributed by atoms with Gasteiger partial charge in [0.1, 0.15) is 5.78 Å². The average molecular weight is 231 g/mol. The fourth-order valence-electron chi connectivity index (χ4n) is 1.44. The molecule has 3 heteroatoms. The van der Waals surface area contributed by atoms with Crippen molar-refractivity contribution >= 4 is 17.5 Å². The molecule has 0 aromatic carbocycles. The molecule has 0 bridgehead atoms. The Kier molecular flexibility index (Phi) is 8.16. The van der Waals surface area contributed by atoms with Crippen LogP contribution in [0.5, 0.6) is 0 Å². The Balaban J connectivity index is 0.000000265. The van der Waals surface area contributed by atoms with Gasteiger partial charge in [-0.3, -0.25) is 4.79 Å². The van der Waals surface area contributed by atoms with Crippen LogP contribution < -0.4 is 5.32 Å². The molecule has 0 aromatic heterocycles.